The number of carbonyl (C=O) groups excluding carboxylic acids is 3. The van der Waals surface area contributed by atoms with E-state index in [1.807, 2.05) is 18.2 Å². The molecule has 2 rings (SSSR count). The second kappa shape index (κ2) is 8.91. The van der Waals surface area contributed by atoms with Crippen LogP contribution in [0.15, 0.2) is 24.3 Å². The Balaban J connectivity index is 2.15. The normalized spacial score (nSPS) is 17.1. The fraction of sp³-hybridized carbons (Fsp3) is 0.476. The van der Waals surface area contributed by atoms with Gasteiger partial charge in [0.15, 0.2) is 0 Å². The summed E-state index contributed by atoms with van der Waals surface area (Å²) in [5, 5.41) is 2.67. The summed E-state index contributed by atoms with van der Waals surface area (Å²) in [7, 11) is 1.68. The van der Waals surface area contributed by atoms with Crippen LogP contribution in [0.25, 0.3) is 6.08 Å². The van der Waals surface area contributed by atoms with Crippen LogP contribution in [0.3, 0.4) is 0 Å². The molecule has 0 fully saturated rings. The van der Waals surface area contributed by atoms with Gasteiger partial charge in [0.2, 0.25) is 5.91 Å². The Morgan fingerprint density at radius 3 is 2.68 bits per heavy atom. The Kier molecular flexibility index (Phi) is 6.83. The molecule has 7 nitrogen and oxygen atoms in total. The van der Waals surface area contributed by atoms with Crippen molar-refractivity contribution in [3.63, 3.8) is 0 Å². The summed E-state index contributed by atoms with van der Waals surface area (Å²) in [6.07, 6.45) is 3.51. The number of aryl methyl sites for hydroxylation is 1. The van der Waals surface area contributed by atoms with E-state index in [9.17, 15) is 14.4 Å². The van der Waals surface area contributed by atoms with Gasteiger partial charge in [-0.2, -0.15) is 0 Å². The highest BCUT2D eigenvalue weighted by atomic mass is 16.6. The molecule has 1 atom stereocenters. The van der Waals surface area contributed by atoms with E-state index in [0.29, 0.717) is 19.4 Å². The van der Waals surface area contributed by atoms with Gasteiger partial charge >= 0.3 is 12.1 Å². The largest absolute Gasteiger partial charge is 0.463 e. The van der Waals surface area contributed by atoms with Crippen LogP contribution in [-0.2, 0) is 25.5 Å². The average Bonchev–Trinajstić information content (AvgIpc) is 2.71. The molecule has 0 saturated carbocycles. The van der Waals surface area contributed by atoms with Crippen LogP contribution >= 0.6 is 0 Å². The summed E-state index contributed by atoms with van der Waals surface area (Å²) in [5.74, 6) is -0.625. The van der Waals surface area contributed by atoms with E-state index in [1.54, 1.807) is 40.8 Å². The van der Waals surface area contributed by atoms with E-state index in [-0.39, 0.29) is 5.91 Å². The molecule has 1 aliphatic heterocycles. The standard InChI is InChI=1S/C21H28N2O5/c1-6-27-18(24)12-8-14-7-9-15-10-11-16(19(25)23(5)17(15)13-14)22-20(26)28-21(2,3)4/h7-9,12-13,16H,6,10-11H2,1-5H3,(H,22,26)/b12-8+/t16-/m0/s1. The molecule has 28 heavy (non-hydrogen) atoms. The number of nitrogens with one attached hydrogen (secondary N) is 1. The van der Waals surface area contributed by atoms with Gasteiger partial charge in [0, 0.05) is 18.8 Å². The quantitative estimate of drug-likeness (QED) is 0.633. The van der Waals surface area contributed by atoms with E-state index >= 15 is 0 Å². The van der Waals surface area contributed by atoms with Crippen LogP contribution in [0.2, 0.25) is 0 Å². The zero-order chi connectivity index (χ0) is 20.9. The van der Waals surface area contributed by atoms with Crippen LogP contribution in [0, 0.1) is 0 Å². The first kappa shape index (κ1) is 21.5. The number of nitrogens with zero attached hydrogens (tertiary/aromatic N) is 1. The van der Waals surface area contributed by atoms with Crippen molar-refractivity contribution in [2.45, 2.75) is 52.2 Å². The molecule has 1 aromatic rings. The number of likely N-dealkylation sites (N-methyl/N-ethyl adjacent to an activating group) is 1. The van der Waals surface area contributed by atoms with Crippen LogP contribution in [-0.4, -0.2) is 43.3 Å². The molecule has 1 heterocycles. The zero-order valence-corrected chi connectivity index (χ0v) is 17.1. The minimum atomic E-state index is -0.661. The maximum Gasteiger partial charge on any atom is 0.408 e. The molecule has 0 saturated heterocycles. The molecule has 0 bridgehead atoms. The van der Waals surface area contributed by atoms with Gasteiger partial charge in [-0.25, -0.2) is 9.59 Å². The molecule has 2 amide bonds. The van der Waals surface area contributed by atoms with Crippen LogP contribution in [0.4, 0.5) is 10.5 Å². The molecule has 1 aromatic carbocycles. The van der Waals surface area contributed by atoms with Gasteiger partial charge < -0.3 is 19.7 Å². The fourth-order valence-electron chi connectivity index (χ4n) is 2.92. The van der Waals surface area contributed by atoms with Gasteiger partial charge in [-0.15, -0.1) is 0 Å². The molecule has 0 radical (unpaired) electrons. The highest BCUT2D eigenvalue weighted by Crippen LogP contribution is 2.28. The number of amides is 2. The number of hydrogen-bond acceptors (Lipinski definition) is 5. The summed E-state index contributed by atoms with van der Waals surface area (Å²) in [6.45, 7) is 7.38. The lowest BCUT2D eigenvalue weighted by atomic mass is 10.0. The molecule has 0 unspecified atom stereocenters. The van der Waals surface area contributed by atoms with E-state index in [2.05, 4.69) is 5.32 Å². The highest BCUT2D eigenvalue weighted by molar-refractivity contribution is 6.00. The number of rotatable bonds is 4. The topological polar surface area (TPSA) is 84.9 Å². The average molecular weight is 388 g/mol. The lowest BCUT2D eigenvalue weighted by Gasteiger charge is -2.24. The number of fused-ring (bicyclic) bond motifs is 1. The third-order valence-electron chi connectivity index (χ3n) is 4.19. The third kappa shape index (κ3) is 5.84. The van der Waals surface area contributed by atoms with Crippen molar-refractivity contribution in [2.24, 2.45) is 0 Å². The molecule has 1 N–H and O–H groups in total. The fourth-order valence-corrected chi connectivity index (χ4v) is 2.92. The first-order valence-corrected chi connectivity index (χ1v) is 9.35. The van der Waals surface area contributed by atoms with Gasteiger partial charge in [-0.05, 0) is 63.8 Å². The van der Waals surface area contributed by atoms with Crippen molar-refractivity contribution >= 4 is 29.7 Å². The van der Waals surface area contributed by atoms with Crippen molar-refractivity contribution < 1.29 is 23.9 Å². The van der Waals surface area contributed by atoms with Crippen molar-refractivity contribution in [3.8, 4) is 0 Å². The Bertz CT molecular complexity index is 779. The maximum atomic E-state index is 12.8. The predicted octanol–water partition coefficient (Wildman–Crippen LogP) is 3.07. The SMILES string of the molecule is CCOC(=O)/C=C/c1ccc2c(c1)N(C)C(=O)[C@@H](NC(=O)OC(C)(C)C)CC2. The van der Waals surface area contributed by atoms with Crippen LogP contribution < -0.4 is 10.2 Å². The Hall–Kier alpha value is -2.83. The van der Waals surface area contributed by atoms with Crippen molar-refractivity contribution in [1.82, 2.24) is 5.32 Å². The number of anilines is 1. The molecule has 0 aromatic heterocycles. The second-order valence-electron chi connectivity index (χ2n) is 7.61. The Labute approximate surface area is 165 Å². The molecular formula is C21H28N2O5. The van der Waals surface area contributed by atoms with E-state index < -0.39 is 23.7 Å². The van der Waals surface area contributed by atoms with E-state index in [0.717, 1.165) is 16.8 Å². The van der Waals surface area contributed by atoms with Gasteiger partial charge in [0.05, 0.1) is 6.61 Å². The van der Waals surface area contributed by atoms with Crippen molar-refractivity contribution in [2.75, 3.05) is 18.6 Å². The predicted molar refractivity (Wildman–Crippen MR) is 107 cm³/mol. The van der Waals surface area contributed by atoms with Gasteiger partial charge in [0.1, 0.15) is 11.6 Å². The molecule has 1 aliphatic rings. The van der Waals surface area contributed by atoms with Crippen molar-refractivity contribution in [1.29, 1.82) is 0 Å². The Morgan fingerprint density at radius 2 is 2.04 bits per heavy atom. The first-order chi connectivity index (χ1) is 13.1. The van der Waals surface area contributed by atoms with Gasteiger partial charge in [-0.1, -0.05) is 12.1 Å². The molecule has 0 spiro atoms. The van der Waals surface area contributed by atoms with Gasteiger partial charge in [-0.3, -0.25) is 4.79 Å². The molecular weight excluding hydrogens is 360 g/mol. The number of hydrogen-bond donors (Lipinski definition) is 1. The number of carbonyl (C=O) groups is 3. The highest BCUT2D eigenvalue weighted by Gasteiger charge is 2.30. The monoisotopic (exact) mass is 388 g/mol. The summed E-state index contributed by atoms with van der Waals surface area (Å²) in [5.41, 5.74) is 1.90. The minimum absolute atomic E-state index is 0.212. The van der Waals surface area contributed by atoms with Crippen LogP contribution in [0.1, 0.15) is 45.2 Å². The number of alkyl carbamates (subject to hydrolysis) is 1. The summed E-state index contributed by atoms with van der Waals surface area (Å²) < 4.78 is 10.1. The summed E-state index contributed by atoms with van der Waals surface area (Å²) in [4.78, 5) is 37.9. The lowest BCUT2D eigenvalue weighted by molar-refractivity contribution is -0.137. The summed E-state index contributed by atoms with van der Waals surface area (Å²) >= 11 is 0. The Morgan fingerprint density at radius 1 is 1.32 bits per heavy atom. The number of esters is 1. The minimum Gasteiger partial charge on any atom is -0.463 e. The second-order valence-corrected chi connectivity index (χ2v) is 7.61. The van der Waals surface area contributed by atoms with Gasteiger partial charge in [0.25, 0.3) is 0 Å². The summed E-state index contributed by atoms with van der Waals surface area (Å²) in [6, 6.07) is 5.00. The number of ether oxygens (including phenoxy) is 2. The zero-order valence-electron chi connectivity index (χ0n) is 17.1. The maximum absolute atomic E-state index is 12.8. The van der Waals surface area contributed by atoms with E-state index in [1.165, 1.54) is 11.0 Å². The smallest absolute Gasteiger partial charge is 0.408 e. The molecule has 0 aliphatic carbocycles. The third-order valence-corrected chi connectivity index (χ3v) is 4.19. The lowest BCUT2D eigenvalue weighted by Crippen LogP contribution is -2.48. The number of benzene rings is 1. The van der Waals surface area contributed by atoms with Crippen molar-refractivity contribution in [3.05, 3.63) is 35.4 Å². The van der Waals surface area contributed by atoms with E-state index in [4.69, 9.17) is 9.47 Å². The molecule has 152 valence electrons. The van der Waals surface area contributed by atoms with Crippen LogP contribution in [0.5, 0.6) is 0 Å². The first-order valence-electron chi connectivity index (χ1n) is 9.35. The molecule has 7 heteroatoms.